The molecule has 3 fully saturated rings. The number of rotatable bonds is 3. The van der Waals surface area contributed by atoms with E-state index in [0.717, 1.165) is 12.3 Å². The van der Waals surface area contributed by atoms with E-state index in [-0.39, 0.29) is 26.2 Å². The topological polar surface area (TPSA) is 0 Å². The molecule has 0 nitrogen and oxygen atoms in total. The molecule has 3 aliphatic carbocycles. The van der Waals surface area contributed by atoms with E-state index in [9.17, 15) is 0 Å². The maximum absolute atomic E-state index is 3.38. The van der Waals surface area contributed by atoms with Crippen molar-refractivity contribution >= 4 is 0 Å². The maximum Gasteiger partial charge on any atom is 2.00 e. The number of hydrogen-bond acceptors (Lipinski definition) is 0. The van der Waals surface area contributed by atoms with Gasteiger partial charge in [0, 0.05) is 0 Å². The van der Waals surface area contributed by atoms with Gasteiger partial charge in [-0.1, -0.05) is 20.3 Å². The summed E-state index contributed by atoms with van der Waals surface area (Å²) in [6.07, 6.45) is 29.3. The molecule has 3 aliphatic rings. The fourth-order valence-corrected chi connectivity index (χ4v) is 1.74. The van der Waals surface area contributed by atoms with Crippen LogP contribution in [-0.4, -0.2) is 0 Å². The minimum atomic E-state index is 0. The molecule has 0 bridgehead atoms. The first kappa shape index (κ1) is 20.6. The second-order valence-corrected chi connectivity index (χ2v) is 4.41. The molecule has 0 aromatic rings. The zero-order valence-electron chi connectivity index (χ0n) is 12.5. The molecular weight excluding hydrogens is 319 g/mol. The van der Waals surface area contributed by atoms with Gasteiger partial charge in [-0.2, -0.15) is 6.42 Å². The van der Waals surface area contributed by atoms with Gasteiger partial charge < -0.3 is 12.5 Å². The molecule has 0 N–H and O–H groups in total. The van der Waals surface area contributed by atoms with Gasteiger partial charge in [0.25, 0.3) is 0 Å². The standard InChI is InChI=1S/C9H14.2C5H5.Zr/c1-3-5-8(4-2)9-6-7-9;2*1-2-4-5-3-1;/h6,9H,3-4,7H2,1-2H3;2*1-5H;/q-2;;;+2. The summed E-state index contributed by atoms with van der Waals surface area (Å²) in [6.45, 7) is 4.36. The Bertz CT molecular complexity index is 195. The second kappa shape index (κ2) is 14.6. The normalized spacial score (nSPS) is 23.9. The van der Waals surface area contributed by atoms with Crippen LogP contribution < -0.4 is 0 Å². The first-order valence-corrected chi connectivity index (χ1v) is 7.14. The summed E-state index contributed by atoms with van der Waals surface area (Å²) in [6, 6.07) is 0. The van der Waals surface area contributed by atoms with E-state index in [1.54, 1.807) is 0 Å². The van der Waals surface area contributed by atoms with Crippen LogP contribution >= 0.6 is 0 Å². The van der Waals surface area contributed by atoms with Gasteiger partial charge in [0.2, 0.25) is 0 Å². The van der Waals surface area contributed by atoms with Crippen molar-refractivity contribution in [3.8, 4) is 0 Å². The second-order valence-electron chi connectivity index (χ2n) is 4.41. The van der Waals surface area contributed by atoms with Gasteiger partial charge in [-0.25, -0.2) is 12.3 Å². The summed E-state index contributed by atoms with van der Waals surface area (Å²) in [5, 5.41) is 0. The van der Waals surface area contributed by atoms with Gasteiger partial charge in [0.1, 0.15) is 0 Å². The van der Waals surface area contributed by atoms with Crippen LogP contribution in [0.4, 0.5) is 0 Å². The van der Waals surface area contributed by atoms with Crippen LogP contribution in [0.2, 0.25) is 0 Å². The monoisotopic (exact) mass is 342 g/mol. The summed E-state index contributed by atoms with van der Waals surface area (Å²) < 4.78 is 0. The SMILES string of the molecule is CC[C-]=C(CC)C1[CH-]C1.[CH]1[CH][CH][CH][CH]1.[CH]1[CH][CH][CH][CH]1.[Zr+2]. The van der Waals surface area contributed by atoms with Gasteiger partial charge in [0.05, 0.1) is 0 Å². The van der Waals surface area contributed by atoms with E-state index >= 15 is 0 Å². The first-order valence-electron chi connectivity index (χ1n) is 7.14. The molecule has 0 aromatic heterocycles. The van der Waals surface area contributed by atoms with Gasteiger partial charge in [0.15, 0.2) is 0 Å². The van der Waals surface area contributed by atoms with E-state index in [0.29, 0.717) is 0 Å². The van der Waals surface area contributed by atoms with Crippen molar-refractivity contribution in [1.82, 2.24) is 0 Å². The van der Waals surface area contributed by atoms with E-state index in [1.165, 1.54) is 18.4 Å². The molecule has 0 heterocycles. The maximum atomic E-state index is 3.38. The molecule has 0 saturated heterocycles. The van der Waals surface area contributed by atoms with Crippen molar-refractivity contribution < 1.29 is 26.2 Å². The predicted octanol–water partition coefficient (Wildman–Crippen LogP) is 4.80. The first-order chi connectivity index (χ1) is 9.38. The van der Waals surface area contributed by atoms with Crippen LogP contribution in [0.3, 0.4) is 0 Å². The quantitative estimate of drug-likeness (QED) is 0.646. The molecule has 0 aliphatic heterocycles. The minimum absolute atomic E-state index is 0. The summed E-state index contributed by atoms with van der Waals surface area (Å²) in [5.41, 5.74) is 1.53. The van der Waals surface area contributed by atoms with E-state index in [4.69, 9.17) is 0 Å². The Balaban J connectivity index is 0.000000282. The van der Waals surface area contributed by atoms with Gasteiger partial charge >= 0.3 is 26.2 Å². The molecular formula is C19H24Zr. The fraction of sp³-hybridized carbons (Fsp3) is 0.316. The van der Waals surface area contributed by atoms with Gasteiger partial charge in [-0.3, -0.25) is 5.57 Å². The zero-order valence-corrected chi connectivity index (χ0v) is 15.0. The van der Waals surface area contributed by atoms with Crippen molar-refractivity contribution in [2.45, 2.75) is 33.1 Å². The summed E-state index contributed by atoms with van der Waals surface area (Å²) in [5.74, 6) is 0.815. The van der Waals surface area contributed by atoms with Gasteiger partial charge in [-0.05, 0) is 64.2 Å². The minimum Gasteiger partial charge on any atom is -0.500 e. The van der Waals surface area contributed by atoms with Crippen molar-refractivity contribution in [2.75, 3.05) is 0 Å². The van der Waals surface area contributed by atoms with Gasteiger partial charge in [-0.15, -0.1) is 0 Å². The molecule has 20 heavy (non-hydrogen) atoms. The van der Waals surface area contributed by atoms with E-state index in [1.807, 2.05) is 64.2 Å². The van der Waals surface area contributed by atoms with E-state index < -0.39 is 0 Å². The van der Waals surface area contributed by atoms with E-state index in [2.05, 4.69) is 26.3 Å². The van der Waals surface area contributed by atoms with Crippen LogP contribution in [0.25, 0.3) is 0 Å². The van der Waals surface area contributed by atoms with Crippen LogP contribution in [0, 0.1) is 82.6 Å². The third-order valence-corrected chi connectivity index (χ3v) is 2.81. The summed E-state index contributed by atoms with van der Waals surface area (Å²) >= 11 is 0. The summed E-state index contributed by atoms with van der Waals surface area (Å²) in [4.78, 5) is 0. The van der Waals surface area contributed by atoms with Crippen LogP contribution in [0.15, 0.2) is 5.57 Å². The Labute approximate surface area is 147 Å². The van der Waals surface area contributed by atoms with Crippen molar-refractivity contribution in [1.29, 1.82) is 0 Å². The molecule has 3 saturated carbocycles. The molecule has 0 spiro atoms. The Morgan fingerprint density at radius 3 is 1.45 bits per heavy atom. The molecule has 0 aromatic carbocycles. The Morgan fingerprint density at radius 1 is 0.900 bits per heavy atom. The van der Waals surface area contributed by atoms with Crippen molar-refractivity contribution in [2.24, 2.45) is 5.92 Å². The largest absolute Gasteiger partial charge is 2.00 e. The number of hydrogen-bond donors (Lipinski definition) is 0. The zero-order chi connectivity index (χ0) is 13.8. The van der Waals surface area contributed by atoms with Crippen LogP contribution in [0.1, 0.15) is 33.1 Å². The molecule has 104 valence electrons. The Morgan fingerprint density at radius 2 is 1.25 bits per heavy atom. The molecule has 1 atom stereocenters. The van der Waals surface area contributed by atoms with Crippen molar-refractivity contribution in [3.05, 3.63) is 82.3 Å². The fourth-order valence-electron chi connectivity index (χ4n) is 1.74. The van der Waals surface area contributed by atoms with Crippen molar-refractivity contribution in [3.63, 3.8) is 0 Å². The molecule has 1 heteroatoms. The third-order valence-electron chi connectivity index (χ3n) is 2.81. The average molecular weight is 344 g/mol. The predicted molar refractivity (Wildman–Crippen MR) is 82.7 cm³/mol. The van der Waals surface area contributed by atoms with Crippen LogP contribution in [-0.2, 0) is 26.2 Å². The molecule has 0 amide bonds. The average Bonchev–Trinajstić information content (AvgIpc) is 2.98. The number of allylic oxidation sites excluding steroid dienone is 2. The third kappa shape index (κ3) is 11.3. The Hall–Kier alpha value is 0.623. The summed E-state index contributed by atoms with van der Waals surface area (Å²) in [7, 11) is 0. The molecule has 1 unspecified atom stereocenters. The Kier molecular flexibility index (Phi) is 15.0. The van der Waals surface area contributed by atoms with Crippen LogP contribution in [0.5, 0.6) is 0 Å². The molecule has 3 rings (SSSR count). The molecule has 10 radical (unpaired) electrons. The smallest absolute Gasteiger partial charge is 0.500 e.